The quantitative estimate of drug-likeness (QED) is 0.544. The molecule has 0 aromatic carbocycles. The lowest BCUT2D eigenvalue weighted by molar-refractivity contribution is -0.150. The third-order valence-corrected chi connectivity index (χ3v) is 1.74. The molecule has 1 aliphatic rings. The average molecular weight is 144 g/mol. The van der Waals surface area contributed by atoms with Crippen molar-refractivity contribution >= 4 is 5.97 Å². The molecule has 0 aliphatic heterocycles. The first-order valence-corrected chi connectivity index (χ1v) is 3.55. The van der Waals surface area contributed by atoms with Crippen molar-refractivity contribution < 1.29 is 14.6 Å². The number of esters is 1. The maximum absolute atomic E-state index is 10.4. The molecule has 0 radical (unpaired) electrons. The minimum absolute atomic E-state index is 0.238. The van der Waals surface area contributed by atoms with E-state index in [-0.39, 0.29) is 12.1 Å². The molecule has 3 nitrogen and oxygen atoms in total. The van der Waals surface area contributed by atoms with E-state index in [0.29, 0.717) is 0 Å². The van der Waals surface area contributed by atoms with Gasteiger partial charge in [0.05, 0.1) is 6.10 Å². The Morgan fingerprint density at radius 1 is 1.60 bits per heavy atom. The van der Waals surface area contributed by atoms with E-state index >= 15 is 0 Å². The largest absolute Gasteiger partial charge is 0.460 e. The van der Waals surface area contributed by atoms with Gasteiger partial charge in [-0.1, -0.05) is 0 Å². The maximum Gasteiger partial charge on any atom is 0.302 e. The topological polar surface area (TPSA) is 46.5 Å². The Hall–Kier alpha value is -0.570. The summed E-state index contributed by atoms with van der Waals surface area (Å²) in [5.74, 6) is -0.300. The Morgan fingerprint density at radius 2 is 2.30 bits per heavy atom. The minimum Gasteiger partial charge on any atom is -0.460 e. The zero-order valence-electron chi connectivity index (χ0n) is 6.04. The van der Waals surface area contributed by atoms with Crippen molar-refractivity contribution in [1.82, 2.24) is 0 Å². The molecule has 10 heavy (non-hydrogen) atoms. The fraction of sp³-hybridized carbons (Fsp3) is 0.857. The second-order valence-corrected chi connectivity index (χ2v) is 2.65. The van der Waals surface area contributed by atoms with Gasteiger partial charge in [-0.05, 0) is 19.3 Å². The van der Waals surface area contributed by atoms with Gasteiger partial charge in [0, 0.05) is 6.92 Å². The summed E-state index contributed by atoms with van der Waals surface area (Å²) in [6, 6.07) is 0. The predicted molar refractivity (Wildman–Crippen MR) is 35.4 cm³/mol. The van der Waals surface area contributed by atoms with Gasteiger partial charge in [-0.15, -0.1) is 0 Å². The molecule has 0 heterocycles. The summed E-state index contributed by atoms with van der Waals surface area (Å²) in [5.41, 5.74) is 0. The molecule has 2 atom stereocenters. The third kappa shape index (κ3) is 1.70. The van der Waals surface area contributed by atoms with E-state index in [0.717, 1.165) is 19.3 Å². The van der Waals surface area contributed by atoms with Crippen molar-refractivity contribution in [3.05, 3.63) is 0 Å². The number of carbonyl (C=O) groups excluding carboxylic acids is 1. The number of aliphatic hydroxyl groups is 1. The van der Waals surface area contributed by atoms with E-state index in [1.54, 1.807) is 0 Å². The van der Waals surface area contributed by atoms with Gasteiger partial charge in [-0.25, -0.2) is 0 Å². The highest BCUT2D eigenvalue weighted by Crippen LogP contribution is 2.21. The first-order valence-electron chi connectivity index (χ1n) is 3.55. The standard InChI is InChI=1S/C7H12O3/c1-5(8)10-7-4-2-3-6(7)9/h6-7,9H,2-4H2,1H3/t6-,7-/m0/s1. The summed E-state index contributed by atoms with van der Waals surface area (Å²) in [6.45, 7) is 1.37. The van der Waals surface area contributed by atoms with Crippen LogP contribution in [0.5, 0.6) is 0 Å². The lowest BCUT2D eigenvalue weighted by Crippen LogP contribution is -2.24. The molecule has 0 aromatic rings. The van der Waals surface area contributed by atoms with Gasteiger partial charge in [0.1, 0.15) is 6.10 Å². The van der Waals surface area contributed by atoms with E-state index in [9.17, 15) is 4.79 Å². The van der Waals surface area contributed by atoms with Crippen LogP contribution in [0.1, 0.15) is 26.2 Å². The molecule has 1 N–H and O–H groups in total. The van der Waals surface area contributed by atoms with Crippen LogP contribution in [0.25, 0.3) is 0 Å². The van der Waals surface area contributed by atoms with Crippen molar-refractivity contribution in [3.63, 3.8) is 0 Å². The number of ether oxygens (including phenoxy) is 1. The second-order valence-electron chi connectivity index (χ2n) is 2.65. The summed E-state index contributed by atoms with van der Waals surface area (Å²) in [5, 5.41) is 9.16. The summed E-state index contributed by atoms with van der Waals surface area (Å²) in [7, 11) is 0. The molecule has 0 bridgehead atoms. The highest BCUT2D eigenvalue weighted by molar-refractivity contribution is 5.66. The van der Waals surface area contributed by atoms with Crippen molar-refractivity contribution in [2.75, 3.05) is 0 Å². The van der Waals surface area contributed by atoms with E-state index in [2.05, 4.69) is 0 Å². The van der Waals surface area contributed by atoms with Crippen LogP contribution >= 0.6 is 0 Å². The average Bonchev–Trinajstić information content (AvgIpc) is 2.15. The highest BCUT2D eigenvalue weighted by atomic mass is 16.6. The number of carbonyl (C=O) groups is 1. The molecule has 1 fully saturated rings. The molecule has 0 aromatic heterocycles. The van der Waals surface area contributed by atoms with Gasteiger partial charge in [0.25, 0.3) is 0 Å². The number of rotatable bonds is 1. The molecule has 3 heteroatoms. The van der Waals surface area contributed by atoms with Crippen molar-refractivity contribution in [3.8, 4) is 0 Å². The number of hydrogen-bond donors (Lipinski definition) is 1. The molecule has 0 unspecified atom stereocenters. The first-order chi connectivity index (χ1) is 4.70. The van der Waals surface area contributed by atoms with Crippen LogP contribution in [0.4, 0.5) is 0 Å². The smallest absolute Gasteiger partial charge is 0.302 e. The number of hydrogen-bond acceptors (Lipinski definition) is 3. The fourth-order valence-electron chi connectivity index (χ4n) is 1.26. The summed E-state index contributed by atoms with van der Waals surface area (Å²) < 4.78 is 4.83. The van der Waals surface area contributed by atoms with Crippen molar-refractivity contribution in [2.24, 2.45) is 0 Å². The van der Waals surface area contributed by atoms with Crippen LogP contribution in [-0.2, 0) is 9.53 Å². The Kier molecular flexibility index (Phi) is 2.27. The van der Waals surface area contributed by atoms with Gasteiger partial charge in [0.15, 0.2) is 0 Å². The molecular weight excluding hydrogens is 132 g/mol. The monoisotopic (exact) mass is 144 g/mol. The van der Waals surface area contributed by atoms with E-state index in [1.807, 2.05) is 0 Å². The number of aliphatic hydroxyl groups excluding tert-OH is 1. The molecule has 0 spiro atoms. The maximum atomic E-state index is 10.4. The molecule has 1 rings (SSSR count). The van der Waals surface area contributed by atoms with Gasteiger partial charge in [0.2, 0.25) is 0 Å². The fourth-order valence-corrected chi connectivity index (χ4v) is 1.26. The Balaban J connectivity index is 2.33. The van der Waals surface area contributed by atoms with Crippen molar-refractivity contribution in [2.45, 2.75) is 38.4 Å². The Bertz CT molecular complexity index is 133. The Morgan fingerprint density at radius 3 is 2.70 bits per heavy atom. The van der Waals surface area contributed by atoms with Crippen LogP contribution in [0, 0.1) is 0 Å². The summed E-state index contributed by atoms with van der Waals surface area (Å²) in [6.07, 6.45) is 1.86. The van der Waals surface area contributed by atoms with Gasteiger partial charge < -0.3 is 9.84 Å². The van der Waals surface area contributed by atoms with E-state index < -0.39 is 6.10 Å². The van der Waals surface area contributed by atoms with Crippen LogP contribution in [0.15, 0.2) is 0 Å². The zero-order valence-corrected chi connectivity index (χ0v) is 6.04. The molecule has 0 saturated heterocycles. The Labute approximate surface area is 60.0 Å². The van der Waals surface area contributed by atoms with E-state index in [1.165, 1.54) is 6.92 Å². The lowest BCUT2D eigenvalue weighted by Gasteiger charge is -2.13. The van der Waals surface area contributed by atoms with Gasteiger partial charge >= 0.3 is 5.97 Å². The molecular formula is C7H12O3. The van der Waals surface area contributed by atoms with Crippen LogP contribution in [0.3, 0.4) is 0 Å². The normalized spacial score (nSPS) is 32.2. The molecule has 0 amide bonds. The minimum atomic E-state index is -0.427. The van der Waals surface area contributed by atoms with E-state index in [4.69, 9.17) is 9.84 Å². The second kappa shape index (κ2) is 3.01. The van der Waals surface area contributed by atoms with Crippen LogP contribution < -0.4 is 0 Å². The highest BCUT2D eigenvalue weighted by Gasteiger charge is 2.27. The van der Waals surface area contributed by atoms with Crippen LogP contribution in [-0.4, -0.2) is 23.3 Å². The van der Waals surface area contributed by atoms with Crippen LogP contribution in [0.2, 0.25) is 0 Å². The van der Waals surface area contributed by atoms with Crippen molar-refractivity contribution in [1.29, 1.82) is 0 Å². The molecule has 58 valence electrons. The molecule has 1 aliphatic carbocycles. The van der Waals surface area contributed by atoms with Gasteiger partial charge in [-0.2, -0.15) is 0 Å². The third-order valence-electron chi connectivity index (χ3n) is 1.74. The lowest BCUT2D eigenvalue weighted by atomic mass is 10.3. The SMILES string of the molecule is CC(=O)O[C@H]1CCC[C@@H]1O. The van der Waals surface area contributed by atoms with Gasteiger partial charge in [-0.3, -0.25) is 4.79 Å². The zero-order chi connectivity index (χ0) is 7.56. The molecule has 1 saturated carbocycles. The summed E-state index contributed by atoms with van der Waals surface area (Å²) in [4.78, 5) is 10.4. The summed E-state index contributed by atoms with van der Waals surface area (Å²) >= 11 is 0. The predicted octanol–water partition coefficient (Wildman–Crippen LogP) is 0.463. The first kappa shape index (κ1) is 7.54.